The summed E-state index contributed by atoms with van der Waals surface area (Å²) in [5.74, 6) is 1.17. The van der Waals surface area contributed by atoms with Crippen molar-refractivity contribution in [1.82, 2.24) is 10.2 Å². The van der Waals surface area contributed by atoms with Crippen LogP contribution in [0.1, 0.15) is 26.7 Å². The lowest BCUT2D eigenvalue weighted by Crippen LogP contribution is -2.41. The van der Waals surface area contributed by atoms with Gasteiger partial charge in [-0.15, -0.1) is 10.2 Å². The molecule has 8 heteroatoms. The van der Waals surface area contributed by atoms with Gasteiger partial charge in [-0.05, 0) is 57.0 Å². The lowest BCUT2D eigenvalue weighted by Gasteiger charge is -2.32. The second-order valence-electron chi connectivity index (χ2n) is 6.80. The number of hydrogen-bond acceptors (Lipinski definition) is 5. The Hall–Kier alpha value is -2.05. The first kappa shape index (κ1) is 19.7. The molecule has 27 heavy (non-hydrogen) atoms. The quantitative estimate of drug-likeness (QED) is 0.792. The van der Waals surface area contributed by atoms with Crippen LogP contribution in [0.3, 0.4) is 0 Å². The molecule has 1 amide bonds. The fourth-order valence-corrected chi connectivity index (χ4v) is 3.38. The molecule has 6 nitrogen and oxygen atoms in total. The molecule has 1 aliphatic rings. The summed E-state index contributed by atoms with van der Waals surface area (Å²) < 4.78 is 5.62. The molecule has 1 aromatic heterocycles. The van der Waals surface area contributed by atoms with E-state index in [-0.39, 0.29) is 17.9 Å². The Morgan fingerprint density at radius 3 is 2.74 bits per heavy atom. The van der Waals surface area contributed by atoms with Gasteiger partial charge < -0.3 is 15.0 Å². The second kappa shape index (κ2) is 8.76. The predicted molar refractivity (Wildman–Crippen MR) is 108 cm³/mol. The van der Waals surface area contributed by atoms with Crippen molar-refractivity contribution in [2.45, 2.75) is 32.8 Å². The van der Waals surface area contributed by atoms with Crippen LogP contribution >= 0.6 is 23.2 Å². The molecule has 0 radical (unpaired) electrons. The minimum absolute atomic E-state index is 0.0322. The van der Waals surface area contributed by atoms with Crippen LogP contribution in [0.25, 0.3) is 0 Å². The fraction of sp³-hybridized carbons (Fsp3) is 0.421. The summed E-state index contributed by atoms with van der Waals surface area (Å²) in [6.45, 7) is 5.30. The fourth-order valence-electron chi connectivity index (χ4n) is 3.05. The highest BCUT2D eigenvalue weighted by Gasteiger charge is 2.27. The first-order valence-corrected chi connectivity index (χ1v) is 9.69. The Bertz CT molecular complexity index is 799. The molecule has 1 aromatic carbocycles. The summed E-state index contributed by atoms with van der Waals surface area (Å²) >= 11 is 12.0. The minimum Gasteiger partial charge on any atom is -0.489 e. The highest BCUT2D eigenvalue weighted by Crippen LogP contribution is 2.29. The first-order valence-electron chi connectivity index (χ1n) is 8.93. The minimum atomic E-state index is -0.137. The summed E-state index contributed by atoms with van der Waals surface area (Å²) in [6, 6.07) is 8.81. The van der Waals surface area contributed by atoms with Crippen molar-refractivity contribution < 1.29 is 9.53 Å². The highest BCUT2D eigenvalue weighted by molar-refractivity contribution is 6.32. The van der Waals surface area contributed by atoms with Gasteiger partial charge in [0.25, 0.3) is 0 Å². The molecule has 1 saturated heterocycles. The highest BCUT2D eigenvalue weighted by atomic mass is 35.5. The number of aromatic nitrogens is 2. The molecule has 144 valence electrons. The third-order valence-electron chi connectivity index (χ3n) is 4.30. The number of halogens is 2. The maximum atomic E-state index is 12.7. The molecule has 3 rings (SSSR count). The Morgan fingerprint density at radius 2 is 2.07 bits per heavy atom. The van der Waals surface area contributed by atoms with Crippen molar-refractivity contribution in [3.8, 4) is 5.75 Å². The molecule has 2 aromatic rings. The summed E-state index contributed by atoms with van der Waals surface area (Å²) in [6.07, 6.45) is 1.77. The van der Waals surface area contributed by atoms with Crippen molar-refractivity contribution >= 4 is 40.6 Å². The zero-order valence-corrected chi connectivity index (χ0v) is 16.8. The Morgan fingerprint density at radius 1 is 1.26 bits per heavy atom. The topological polar surface area (TPSA) is 67.3 Å². The maximum absolute atomic E-state index is 12.7. The van der Waals surface area contributed by atoms with E-state index in [2.05, 4.69) is 20.4 Å². The summed E-state index contributed by atoms with van der Waals surface area (Å²) in [5, 5.41) is 11.8. The van der Waals surface area contributed by atoms with E-state index in [0.29, 0.717) is 28.2 Å². The standard InChI is InChI=1S/C19H22Cl2N4O2/c1-12(2)27-16-6-5-14(10-15(16)20)22-19(26)13-4-3-9-25(11-13)18-8-7-17(21)23-24-18/h5-8,10,12-13H,3-4,9,11H2,1-2H3,(H,22,26). The van der Waals surface area contributed by atoms with Crippen LogP contribution in [-0.2, 0) is 4.79 Å². The van der Waals surface area contributed by atoms with Gasteiger partial charge in [0.1, 0.15) is 5.75 Å². The molecular weight excluding hydrogens is 387 g/mol. The number of piperidine rings is 1. The molecule has 0 aliphatic carbocycles. The Kier molecular flexibility index (Phi) is 6.39. The Labute approximate surface area is 168 Å². The van der Waals surface area contributed by atoms with Crippen LogP contribution in [-0.4, -0.2) is 35.3 Å². The molecule has 0 bridgehead atoms. The van der Waals surface area contributed by atoms with Crippen molar-refractivity contribution in [3.63, 3.8) is 0 Å². The van der Waals surface area contributed by atoms with Crippen LogP contribution < -0.4 is 15.0 Å². The molecule has 0 spiro atoms. The van der Waals surface area contributed by atoms with Gasteiger partial charge in [0.2, 0.25) is 5.91 Å². The maximum Gasteiger partial charge on any atom is 0.229 e. The number of amides is 1. The van der Waals surface area contributed by atoms with E-state index in [0.717, 1.165) is 25.2 Å². The number of benzene rings is 1. The van der Waals surface area contributed by atoms with E-state index in [1.54, 1.807) is 24.3 Å². The smallest absolute Gasteiger partial charge is 0.229 e. The van der Waals surface area contributed by atoms with Gasteiger partial charge in [0.15, 0.2) is 11.0 Å². The van der Waals surface area contributed by atoms with Gasteiger partial charge in [-0.25, -0.2) is 0 Å². The first-order chi connectivity index (χ1) is 12.9. The van der Waals surface area contributed by atoms with Crippen molar-refractivity contribution in [2.24, 2.45) is 5.92 Å². The monoisotopic (exact) mass is 408 g/mol. The normalized spacial score (nSPS) is 17.1. The van der Waals surface area contributed by atoms with Gasteiger partial charge in [0.05, 0.1) is 17.0 Å². The van der Waals surface area contributed by atoms with Crippen molar-refractivity contribution in [1.29, 1.82) is 0 Å². The average molecular weight is 409 g/mol. The number of hydrogen-bond donors (Lipinski definition) is 1. The second-order valence-corrected chi connectivity index (χ2v) is 7.59. The van der Waals surface area contributed by atoms with Crippen molar-refractivity contribution in [3.05, 3.63) is 40.5 Å². The van der Waals surface area contributed by atoms with Crippen molar-refractivity contribution in [2.75, 3.05) is 23.3 Å². The third-order valence-corrected chi connectivity index (χ3v) is 4.79. The van der Waals surface area contributed by atoms with Crippen LogP contribution in [0, 0.1) is 5.92 Å². The predicted octanol–water partition coefficient (Wildman–Crippen LogP) is 4.43. The van der Waals surface area contributed by atoms with Crippen LogP contribution in [0.2, 0.25) is 10.2 Å². The van der Waals surface area contributed by atoms with Crippen LogP contribution in [0.15, 0.2) is 30.3 Å². The molecule has 2 heterocycles. The Balaban J connectivity index is 1.63. The van der Waals surface area contributed by atoms with Crippen LogP contribution in [0.5, 0.6) is 5.75 Å². The summed E-state index contributed by atoms with van der Waals surface area (Å²) in [7, 11) is 0. The van der Waals surface area contributed by atoms with E-state index in [1.807, 2.05) is 19.9 Å². The van der Waals surface area contributed by atoms with Gasteiger partial charge in [0, 0.05) is 18.8 Å². The number of nitrogens with zero attached hydrogens (tertiary/aromatic N) is 3. The largest absolute Gasteiger partial charge is 0.489 e. The number of ether oxygens (including phenoxy) is 1. The molecule has 1 fully saturated rings. The molecule has 1 N–H and O–H groups in total. The lowest BCUT2D eigenvalue weighted by molar-refractivity contribution is -0.120. The van der Waals surface area contributed by atoms with E-state index < -0.39 is 0 Å². The molecule has 1 unspecified atom stereocenters. The number of carbonyl (C=O) groups is 1. The summed E-state index contributed by atoms with van der Waals surface area (Å²) in [4.78, 5) is 14.8. The molecular formula is C19H22Cl2N4O2. The van der Waals surface area contributed by atoms with E-state index >= 15 is 0 Å². The lowest BCUT2D eigenvalue weighted by atomic mass is 9.97. The van der Waals surface area contributed by atoms with E-state index in [9.17, 15) is 4.79 Å². The zero-order chi connectivity index (χ0) is 19.4. The van der Waals surface area contributed by atoms with Gasteiger partial charge >= 0.3 is 0 Å². The number of nitrogens with one attached hydrogen (secondary N) is 1. The number of carbonyl (C=O) groups excluding carboxylic acids is 1. The van der Waals surface area contributed by atoms with Crippen LogP contribution in [0.4, 0.5) is 11.5 Å². The SMILES string of the molecule is CC(C)Oc1ccc(NC(=O)C2CCCN(c3ccc(Cl)nn3)C2)cc1Cl. The molecule has 1 atom stereocenters. The average Bonchev–Trinajstić information content (AvgIpc) is 2.64. The van der Waals surface area contributed by atoms with E-state index in [1.165, 1.54) is 0 Å². The third kappa shape index (κ3) is 5.23. The molecule has 1 aliphatic heterocycles. The number of rotatable bonds is 5. The number of anilines is 2. The van der Waals surface area contributed by atoms with Gasteiger partial charge in [-0.2, -0.15) is 0 Å². The summed E-state index contributed by atoms with van der Waals surface area (Å²) in [5.41, 5.74) is 0.657. The molecule has 0 saturated carbocycles. The zero-order valence-electron chi connectivity index (χ0n) is 15.3. The van der Waals surface area contributed by atoms with E-state index in [4.69, 9.17) is 27.9 Å². The van der Waals surface area contributed by atoms with Gasteiger partial charge in [-0.3, -0.25) is 4.79 Å². The van der Waals surface area contributed by atoms with Gasteiger partial charge in [-0.1, -0.05) is 23.2 Å².